The summed E-state index contributed by atoms with van der Waals surface area (Å²) in [5, 5.41) is 11.7. The minimum atomic E-state index is -0.0963. The van der Waals surface area contributed by atoms with Crippen molar-refractivity contribution in [2.24, 2.45) is 5.16 Å². The Morgan fingerprint density at radius 3 is 2.29 bits per heavy atom. The molecule has 0 saturated carbocycles. The zero-order valence-corrected chi connectivity index (χ0v) is 11.9. The first-order chi connectivity index (χ1) is 10.3. The molecule has 0 spiro atoms. The number of para-hydroxylation sites is 2. The number of nitrogens with zero attached hydrogens (tertiary/aromatic N) is 1. The van der Waals surface area contributed by atoms with E-state index in [1.807, 2.05) is 42.5 Å². The lowest BCUT2D eigenvalue weighted by Crippen LogP contribution is -2.17. The van der Waals surface area contributed by atoms with E-state index in [0.717, 1.165) is 0 Å². The van der Waals surface area contributed by atoms with Crippen LogP contribution in [-0.4, -0.2) is 25.8 Å². The summed E-state index contributed by atoms with van der Waals surface area (Å²) in [6, 6.07) is 16.7. The molecule has 5 nitrogen and oxygen atoms in total. The van der Waals surface area contributed by atoms with Gasteiger partial charge in [0.25, 0.3) is 0 Å². The van der Waals surface area contributed by atoms with Gasteiger partial charge in [-0.2, -0.15) is 0 Å². The molecular weight excluding hydrogens is 268 g/mol. The van der Waals surface area contributed by atoms with Gasteiger partial charge in [0.1, 0.15) is 18.6 Å². The van der Waals surface area contributed by atoms with Crippen LogP contribution < -0.4 is 4.74 Å². The first-order valence-electron chi connectivity index (χ1n) is 6.32. The van der Waals surface area contributed by atoms with Crippen LogP contribution in [0.15, 0.2) is 59.8 Å². The molecule has 0 atom stereocenters. The van der Waals surface area contributed by atoms with Crippen LogP contribution in [0.5, 0.6) is 11.5 Å². The monoisotopic (exact) mass is 284 g/mol. The second kappa shape index (κ2) is 7.09. The molecule has 0 saturated heterocycles. The third-order valence-electron chi connectivity index (χ3n) is 2.71. The number of hydrogen-bond donors (Lipinski definition) is 1. The van der Waals surface area contributed by atoms with E-state index in [1.165, 1.54) is 14.2 Å². The van der Waals surface area contributed by atoms with Crippen molar-refractivity contribution in [3.05, 3.63) is 60.2 Å². The SMILES string of the molecule is CON=C(C(=N)OC)c1ccccc1Oc1ccccc1. The van der Waals surface area contributed by atoms with Gasteiger partial charge in [-0.15, -0.1) is 0 Å². The molecule has 0 aliphatic rings. The molecule has 0 unspecified atom stereocenters. The van der Waals surface area contributed by atoms with Crippen LogP contribution in [0.1, 0.15) is 5.56 Å². The molecule has 2 rings (SSSR count). The fourth-order valence-electron chi connectivity index (χ4n) is 1.77. The number of ether oxygens (including phenoxy) is 2. The highest BCUT2D eigenvalue weighted by atomic mass is 16.6. The number of nitrogens with one attached hydrogen (secondary N) is 1. The third-order valence-corrected chi connectivity index (χ3v) is 2.71. The first kappa shape index (κ1) is 14.6. The van der Waals surface area contributed by atoms with Crippen molar-refractivity contribution in [3.8, 4) is 11.5 Å². The normalized spacial score (nSPS) is 10.9. The van der Waals surface area contributed by atoms with E-state index < -0.39 is 0 Å². The highest BCUT2D eigenvalue weighted by molar-refractivity contribution is 6.44. The average molecular weight is 284 g/mol. The van der Waals surface area contributed by atoms with Gasteiger partial charge in [-0.25, -0.2) is 0 Å². The van der Waals surface area contributed by atoms with Gasteiger partial charge in [0.15, 0.2) is 5.71 Å². The van der Waals surface area contributed by atoms with Crippen molar-refractivity contribution < 1.29 is 14.3 Å². The molecule has 108 valence electrons. The predicted molar refractivity (Wildman–Crippen MR) is 81.2 cm³/mol. The maximum atomic E-state index is 7.82. The van der Waals surface area contributed by atoms with E-state index in [-0.39, 0.29) is 11.6 Å². The predicted octanol–water partition coefficient (Wildman–Crippen LogP) is 3.45. The molecular formula is C16H16N2O3. The summed E-state index contributed by atoms with van der Waals surface area (Å²) >= 11 is 0. The molecule has 2 aromatic carbocycles. The molecule has 0 aliphatic carbocycles. The van der Waals surface area contributed by atoms with E-state index in [1.54, 1.807) is 12.1 Å². The molecule has 2 aromatic rings. The Balaban J connectivity index is 2.40. The number of oxime groups is 1. The molecule has 0 fully saturated rings. The smallest absolute Gasteiger partial charge is 0.236 e. The molecule has 1 N–H and O–H groups in total. The van der Waals surface area contributed by atoms with Gasteiger partial charge in [0, 0.05) is 0 Å². The molecule has 21 heavy (non-hydrogen) atoms. The summed E-state index contributed by atoms with van der Waals surface area (Å²) in [6.07, 6.45) is 0. The maximum Gasteiger partial charge on any atom is 0.236 e. The largest absolute Gasteiger partial charge is 0.480 e. The van der Waals surface area contributed by atoms with Crippen molar-refractivity contribution in [1.29, 1.82) is 5.41 Å². The zero-order valence-electron chi connectivity index (χ0n) is 11.9. The van der Waals surface area contributed by atoms with Gasteiger partial charge < -0.3 is 14.3 Å². The summed E-state index contributed by atoms with van der Waals surface area (Å²) < 4.78 is 10.8. The summed E-state index contributed by atoms with van der Waals surface area (Å²) in [5.41, 5.74) is 0.890. The molecule has 0 radical (unpaired) electrons. The van der Waals surface area contributed by atoms with Crippen molar-refractivity contribution >= 4 is 11.6 Å². The van der Waals surface area contributed by atoms with Crippen molar-refractivity contribution in [3.63, 3.8) is 0 Å². The van der Waals surface area contributed by atoms with Crippen molar-refractivity contribution in [2.45, 2.75) is 0 Å². The number of benzene rings is 2. The highest BCUT2D eigenvalue weighted by Gasteiger charge is 2.17. The number of methoxy groups -OCH3 is 1. The fourth-order valence-corrected chi connectivity index (χ4v) is 1.77. The Morgan fingerprint density at radius 2 is 1.62 bits per heavy atom. The van der Waals surface area contributed by atoms with Gasteiger partial charge in [0.05, 0.1) is 12.7 Å². The molecule has 0 aliphatic heterocycles. The molecule has 0 aromatic heterocycles. The summed E-state index contributed by atoms with van der Waals surface area (Å²) in [7, 11) is 2.83. The van der Waals surface area contributed by atoms with Gasteiger partial charge >= 0.3 is 0 Å². The van der Waals surface area contributed by atoms with E-state index in [9.17, 15) is 0 Å². The topological polar surface area (TPSA) is 63.9 Å². The second-order valence-corrected chi connectivity index (χ2v) is 4.07. The minimum Gasteiger partial charge on any atom is -0.480 e. The Labute approximate surface area is 123 Å². The van der Waals surface area contributed by atoms with E-state index in [2.05, 4.69) is 5.16 Å². The van der Waals surface area contributed by atoms with Crippen LogP contribution in [0.2, 0.25) is 0 Å². The van der Waals surface area contributed by atoms with Crippen LogP contribution in [-0.2, 0) is 9.57 Å². The second-order valence-electron chi connectivity index (χ2n) is 4.07. The van der Waals surface area contributed by atoms with Crippen LogP contribution in [0.4, 0.5) is 0 Å². The first-order valence-corrected chi connectivity index (χ1v) is 6.32. The minimum absolute atomic E-state index is 0.0963. The number of rotatable bonds is 5. The molecule has 0 amide bonds. The fraction of sp³-hybridized carbons (Fsp3) is 0.125. The van der Waals surface area contributed by atoms with Gasteiger partial charge in [-0.05, 0) is 24.3 Å². The van der Waals surface area contributed by atoms with Crippen molar-refractivity contribution in [2.75, 3.05) is 14.2 Å². The van der Waals surface area contributed by atoms with Crippen LogP contribution in [0.25, 0.3) is 0 Å². The van der Waals surface area contributed by atoms with Crippen LogP contribution >= 0.6 is 0 Å². The lowest BCUT2D eigenvalue weighted by molar-refractivity contribution is 0.213. The standard InChI is InChI=1S/C16H16N2O3/c1-19-16(17)15(18-20-2)13-10-6-7-11-14(13)21-12-8-4-3-5-9-12/h3-11,17H,1-2H3. The lowest BCUT2D eigenvalue weighted by Gasteiger charge is -2.12. The average Bonchev–Trinajstić information content (AvgIpc) is 2.54. The zero-order chi connectivity index (χ0) is 15.1. The Bertz CT molecular complexity index is 639. The van der Waals surface area contributed by atoms with Crippen LogP contribution in [0.3, 0.4) is 0 Å². The maximum absolute atomic E-state index is 7.82. The van der Waals surface area contributed by atoms with Crippen LogP contribution in [0, 0.1) is 5.41 Å². The third kappa shape index (κ3) is 3.60. The lowest BCUT2D eigenvalue weighted by atomic mass is 10.1. The highest BCUT2D eigenvalue weighted by Crippen LogP contribution is 2.26. The van der Waals surface area contributed by atoms with Gasteiger partial charge in [-0.1, -0.05) is 35.5 Å². The Hall–Kier alpha value is -2.82. The van der Waals surface area contributed by atoms with E-state index in [0.29, 0.717) is 17.1 Å². The Kier molecular flexibility index (Phi) is 4.93. The van der Waals surface area contributed by atoms with Gasteiger partial charge in [0.2, 0.25) is 5.90 Å². The summed E-state index contributed by atoms with van der Waals surface area (Å²) in [5.74, 6) is 1.17. The molecule has 0 bridgehead atoms. The molecule has 0 heterocycles. The number of hydrogen-bond acceptors (Lipinski definition) is 5. The molecule has 5 heteroatoms. The Morgan fingerprint density at radius 1 is 0.952 bits per heavy atom. The summed E-state index contributed by atoms with van der Waals surface area (Å²) in [6.45, 7) is 0. The quantitative estimate of drug-likeness (QED) is 0.519. The van der Waals surface area contributed by atoms with Gasteiger partial charge in [-0.3, -0.25) is 5.41 Å². The van der Waals surface area contributed by atoms with Crippen molar-refractivity contribution in [1.82, 2.24) is 0 Å². The summed E-state index contributed by atoms with van der Waals surface area (Å²) in [4.78, 5) is 4.80. The van der Waals surface area contributed by atoms with E-state index in [4.69, 9.17) is 19.7 Å². The van der Waals surface area contributed by atoms with E-state index >= 15 is 0 Å².